The molecule has 0 aliphatic carbocycles. The molecule has 4 aromatic rings. The monoisotopic (exact) mass is 724 g/mol. The highest BCUT2D eigenvalue weighted by Crippen LogP contribution is 2.35. The van der Waals surface area contributed by atoms with E-state index >= 15 is 0 Å². The Morgan fingerprint density at radius 3 is 2.78 bits per heavy atom. The topological polar surface area (TPSA) is 157 Å². The van der Waals surface area contributed by atoms with E-state index in [1.54, 1.807) is 50.1 Å². The van der Waals surface area contributed by atoms with Crippen molar-refractivity contribution in [2.45, 2.75) is 51.5 Å². The van der Waals surface area contributed by atoms with Gasteiger partial charge in [0.2, 0.25) is 11.8 Å². The van der Waals surface area contributed by atoms with Crippen molar-refractivity contribution in [1.82, 2.24) is 30.1 Å². The molecule has 4 heterocycles. The first-order chi connectivity index (χ1) is 23.6. The minimum atomic E-state index is -1.16. The first-order valence-electron chi connectivity index (χ1n) is 15.8. The maximum atomic E-state index is 14.4. The Morgan fingerprint density at radius 1 is 1.16 bits per heavy atom. The number of hydrogen-bond donors (Lipinski definition) is 4. The van der Waals surface area contributed by atoms with Crippen LogP contribution in [0.4, 0.5) is 15.6 Å². The van der Waals surface area contributed by atoms with Crippen LogP contribution in [0.25, 0.3) is 10.2 Å². The van der Waals surface area contributed by atoms with E-state index in [1.165, 1.54) is 11.3 Å². The van der Waals surface area contributed by atoms with Gasteiger partial charge in [0.1, 0.15) is 18.0 Å². The van der Waals surface area contributed by atoms with Crippen LogP contribution in [-0.2, 0) is 29.1 Å². The summed E-state index contributed by atoms with van der Waals surface area (Å²) in [6, 6.07) is 15.0. The molecule has 49 heavy (non-hydrogen) atoms. The molecule has 3 aliphatic heterocycles. The first kappa shape index (κ1) is 33.2. The Morgan fingerprint density at radius 2 is 1.98 bits per heavy atom. The molecule has 3 aromatic carbocycles. The average Bonchev–Trinajstić information content (AvgIpc) is 3.75. The van der Waals surface area contributed by atoms with Crippen LogP contribution in [0.15, 0.2) is 54.6 Å². The number of hydrogen-bond acceptors (Lipinski definition) is 10. The van der Waals surface area contributed by atoms with E-state index in [0.717, 1.165) is 26.9 Å². The summed E-state index contributed by atoms with van der Waals surface area (Å²) >= 11 is 13.6. The number of aliphatic hydroxyl groups excluding tert-OH is 1. The number of urea groups is 1. The number of hydrazine groups is 1. The Bertz CT molecular complexity index is 1940. The molecular formula is C33H34Cl2N8O5S. The minimum absolute atomic E-state index is 0.0793. The summed E-state index contributed by atoms with van der Waals surface area (Å²) in [5, 5.41) is 20.2. The second-order valence-electron chi connectivity index (χ2n) is 12.1. The van der Waals surface area contributed by atoms with Crippen LogP contribution in [0, 0.1) is 0 Å². The normalized spacial score (nSPS) is 20.3. The molecule has 3 aliphatic rings. The highest BCUT2D eigenvalue weighted by atomic mass is 35.5. The van der Waals surface area contributed by atoms with E-state index in [1.807, 2.05) is 31.2 Å². The van der Waals surface area contributed by atoms with Gasteiger partial charge in [-0.3, -0.25) is 14.6 Å². The number of nitrogen functional groups attached to an aromatic ring is 1. The van der Waals surface area contributed by atoms with Crippen molar-refractivity contribution in [1.29, 1.82) is 0 Å². The maximum absolute atomic E-state index is 14.4. The van der Waals surface area contributed by atoms with Crippen molar-refractivity contribution >= 4 is 73.4 Å². The van der Waals surface area contributed by atoms with Crippen molar-refractivity contribution < 1.29 is 24.2 Å². The number of fused-ring (bicyclic) bond motifs is 3. The predicted octanol–water partition coefficient (Wildman–Crippen LogP) is 4.23. The average molecular weight is 726 g/mol. The number of halogens is 2. The van der Waals surface area contributed by atoms with Gasteiger partial charge in [0.15, 0.2) is 5.13 Å². The van der Waals surface area contributed by atoms with Crippen LogP contribution in [0.1, 0.15) is 30.0 Å². The Balaban J connectivity index is 1.19. The minimum Gasteiger partial charge on any atom is -0.445 e. The van der Waals surface area contributed by atoms with Gasteiger partial charge in [0.05, 0.1) is 39.0 Å². The number of nitrogens with zero attached hydrogens (tertiary/aromatic N) is 5. The molecule has 2 saturated heterocycles. The highest BCUT2D eigenvalue weighted by molar-refractivity contribution is 7.22. The number of anilines is 2. The number of piperazine rings is 1. The molecule has 0 saturated carbocycles. The second-order valence-corrected chi connectivity index (χ2v) is 14.0. The van der Waals surface area contributed by atoms with Crippen molar-refractivity contribution in [3.05, 3.63) is 81.3 Å². The number of nitrogens with two attached hydrogens (primary N) is 1. The van der Waals surface area contributed by atoms with E-state index in [-0.39, 0.29) is 50.4 Å². The number of carbonyl (C=O) groups is 3. The van der Waals surface area contributed by atoms with Crippen molar-refractivity contribution in [2.24, 2.45) is 0 Å². The lowest BCUT2D eigenvalue weighted by Gasteiger charge is -2.46. The van der Waals surface area contributed by atoms with Gasteiger partial charge >= 0.3 is 6.03 Å². The van der Waals surface area contributed by atoms with E-state index in [4.69, 9.17) is 33.7 Å². The lowest BCUT2D eigenvalue weighted by Crippen LogP contribution is -2.66. The molecule has 1 unspecified atom stereocenters. The van der Waals surface area contributed by atoms with Crippen LogP contribution in [-0.4, -0.2) is 86.0 Å². The summed E-state index contributed by atoms with van der Waals surface area (Å²) in [5.74, 6) is -0.0285. The standard InChI is InChI=1S/C33H34Cl2N8O5S/c1-2-10-41(32(46)37-14-19-6-8-21(34)22(35)11-19)42-17-28(44)43-24(12-18-7-9-23-25(13-18)48-33(47)38-23)30(45)40(16-27(42)43)15-20-4-3-5-26-29(20)39-31(36)49-26/h3-9,11,13,24,27,33,38,47H,2,10,12,14-17H2,1H3,(H2,36,39)(H,37,46)/t24-,27+,33?/m0/s1. The number of aromatic nitrogens is 1. The summed E-state index contributed by atoms with van der Waals surface area (Å²) in [6.07, 6.45) is -0.953. The molecule has 3 atom stereocenters. The Hall–Kier alpha value is -4.34. The molecule has 13 nitrogen and oxygen atoms in total. The molecule has 0 bridgehead atoms. The van der Waals surface area contributed by atoms with Crippen molar-refractivity contribution in [2.75, 3.05) is 30.7 Å². The molecule has 1 aromatic heterocycles. The molecule has 0 radical (unpaired) electrons. The van der Waals surface area contributed by atoms with E-state index in [0.29, 0.717) is 39.6 Å². The summed E-state index contributed by atoms with van der Waals surface area (Å²) in [4.78, 5) is 49.8. The third-order valence-electron chi connectivity index (χ3n) is 8.85. The molecule has 0 spiro atoms. The molecule has 7 rings (SSSR count). The van der Waals surface area contributed by atoms with Crippen LogP contribution < -0.4 is 21.1 Å². The summed E-state index contributed by atoms with van der Waals surface area (Å²) in [7, 11) is 0. The quantitative estimate of drug-likeness (QED) is 0.198. The molecule has 2 fully saturated rings. The molecule has 5 N–H and O–H groups in total. The summed E-state index contributed by atoms with van der Waals surface area (Å²) < 4.78 is 6.38. The van der Waals surface area contributed by atoms with E-state index in [2.05, 4.69) is 15.6 Å². The third kappa shape index (κ3) is 6.54. The Kier molecular flexibility index (Phi) is 9.15. The van der Waals surface area contributed by atoms with Gasteiger partial charge in [-0.2, -0.15) is 5.01 Å². The molecular weight excluding hydrogens is 691 g/mol. The van der Waals surface area contributed by atoms with Gasteiger partial charge in [-0.15, -0.1) is 0 Å². The van der Waals surface area contributed by atoms with Gasteiger partial charge in [-0.25, -0.2) is 9.78 Å². The first-order valence-corrected chi connectivity index (χ1v) is 17.4. The zero-order valence-corrected chi connectivity index (χ0v) is 28.8. The number of thiazole rings is 1. The van der Waals surface area contributed by atoms with Gasteiger partial charge in [-0.1, -0.05) is 65.7 Å². The van der Waals surface area contributed by atoms with Gasteiger partial charge in [0.25, 0.3) is 6.41 Å². The number of benzene rings is 3. The number of amides is 4. The van der Waals surface area contributed by atoms with Crippen LogP contribution in [0.2, 0.25) is 10.0 Å². The third-order valence-corrected chi connectivity index (χ3v) is 10.4. The molecule has 4 amide bonds. The van der Waals surface area contributed by atoms with Gasteiger partial charge in [-0.05, 0) is 53.4 Å². The highest BCUT2D eigenvalue weighted by Gasteiger charge is 2.52. The summed E-state index contributed by atoms with van der Waals surface area (Å²) in [5.41, 5.74) is 9.74. The summed E-state index contributed by atoms with van der Waals surface area (Å²) in [6.45, 7) is 2.83. The SMILES string of the molecule is CCCN(C(=O)NCc1ccc(Cl)c(Cl)c1)N1CC(=O)N2[C@@H](Cc3ccc4c(c3)OC(O)N4)C(=O)N(Cc3cccc4sc(N)nc34)C[C@@H]21. The Labute approximate surface area is 296 Å². The van der Waals surface area contributed by atoms with Gasteiger partial charge < -0.3 is 36.0 Å². The zero-order valence-electron chi connectivity index (χ0n) is 26.4. The van der Waals surface area contributed by atoms with E-state index < -0.39 is 18.6 Å². The predicted molar refractivity (Wildman–Crippen MR) is 187 cm³/mol. The lowest BCUT2D eigenvalue weighted by atomic mass is 9.99. The van der Waals surface area contributed by atoms with Crippen molar-refractivity contribution in [3.63, 3.8) is 0 Å². The van der Waals surface area contributed by atoms with Crippen LogP contribution in [0.5, 0.6) is 5.75 Å². The fourth-order valence-electron chi connectivity index (χ4n) is 6.64. The maximum Gasteiger partial charge on any atom is 0.332 e. The number of rotatable bonds is 9. The fourth-order valence-corrected chi connectivity index (χ4v) is 7.74. The number of nitrogens with one attached hydrogen (secondary N) is 2. The molecule has 16 heteroatoms. The zero-order chi connectivity index (χ0) is 34.4. The van der Waals surface area contributed by atoms with Crippen LogP contribution >= 0.6 is 34.5 Å². The lowest BCUT2D eigenvalue weighted by molar-refractivity contribution is -0.157. The number of aliphatic hydroxyl groups is 1. The van der Waals surface area contributed by atoms with Gasteiger partial charge in [0, 0.05) is 26.1 Å². The number of carbonyl (C=O) groups excluding carboxylic acids is 3. The largest absolute Gasteiger partial charge is 0.445 e. The van der Waals surface area contributed by atoms with Crippen molar-refractivity contribution in [3.8, 4) is 5.75 Å². The molecule has 256 valence electrons. The number of ether oxygens (including phenoxy) is 1. The number of para-hydroxylation sites is 1. The smallest absolute Gasteiger partial charge is 0.332 e. The van der Waals surface area contributed by atoms with Crippen LogP contribution in [0.3, 0.4) is 0 Å². The fraction of sp³-hybridized carbons (Fsp3) is 0.333. The van der Waals surface area contributed by atoms with E-state index in [9.17, 15) is 19.5 Å². The second kappa shape index (κ2) is 13.5.